The standard InChI is InChI=1S/C22H22O3/c1-10-7-12(3)17-16(9-24-20(17)14(10)5)22-19(23)18-13(4)8-11(2)15(6)21(18)25-22/h7-9,22H,1-6H3. The first-order valence-corrected chi connectivity index (χ1v) is 8.60. The van der Waals surface area contributed by atoms with Crippen LogP contribution in [-0.4, -0.2) is 5.78 Å². The van der Waals surface area contributed by atoms with E-state index in [2.05, 4.69) is 26.0 Å². The first kappa shape index (κ1) is 15.9. The van der Waals surface area contributed by atoms with Gasteiger partial charge in [0.15, 0.2) is 6.10 Å². The maximum absolute atomic E-state index is 13.1. The molecule has 0 aliphatic carbocycles. The van der Waals surface area contributed by atoms with Crippen LogP contribution < -0.4 is 4.74 Å². The highest BCUT2D eigenvalue weighted by Crippen LogP contribution is 2.44. The van der Waals surface area contributed by atoms with Gasteiger partial charge < -0.3 is 9.15 Å². The monoisotopic (exact) mass is 334 g/mol. The maximum Gasteiger partial charge on any atom is 0.212 e. The van der Waals surface area contributed by atoms with Gasteiger partial charge in [-0.3, -0.25) is 4.79 Å². The number of fused-ring (bicyclic) bond motifs is 2. The molecule has 3 aromatic rings. The van der Waals surface area contributed by atoms with Gasteiger partial charge in [0, 0.05) is 10.9 Å². The molecule has 1 unspecified atom stereocenters. The molecule has 0 fully saturated rings. The fourth-order valence-electron chi connectivity index (χ4n) is 3.94. The SMILES string of the molecule is Cc1cc(C)c2c(c1C)OC(c1coc3c(C)c(C)cc(C)c13)C2=O. The number of ketones is 1. The minimum Gasteiger partial charge on any atom is -0.476 e. The number of Topliss-reactive ketones (excluding diaryl/α,β-unsaturated/α-hetero) is 1. The number of carbonyl (C=O) groups is 1. The van der Waals surface area contributed by atoms with E-state index in [0.29, 0.717) is 5.56 Å². The molecular formula is C22H22O3. The third-order valence-electron chi connectivity index (χ3n) is 5.57. The van der Waals surface area contributed by atoms with Crippen LogP contribution in [0.2, 0.25) is 0 Å². The Morgan fingerprint density at radius 3 is 2.20 bits per heavy atom. The van der Waals surface area contributed by atoms with Crippen LogP contribution in [0, 0.1) is 41.5 Å². The lowest BCUT2D eigenvalue weighted by Gasteiger charge is -2.11. The highest BCUT2D eigenvalue weighted by Gasteiger charge is 2.38. The van der Waals surface area contributed by atoms with Crippen LogP contribution in [0.15, 0.2) is 22.8 Å². The normalized spacial score (nSPS) is 16.4. The van der Waals surface area contributed by atoms with Gasteiger partial charge in [0.05, 0.1) is 11.8 Å². The molecule has 3 heteroatoms. The number of hydrogen-bond donors (Lipinski definition) is 0. The molecule has 0 bridgehead atoms. The topological polar surface area (TPSA) is 39.4 Å². The largest absolute Gasteiger partial charge is 0.476 e. The molecule has 2 heterocycles. The smallest absolute Gasteiger partial charge is 0.212 e. The third-order valence-corrected chi connectivity index (χ3v) is 5.57. The van der Waals surface area contributed by atoms with Crippen LogP contribution in [0.1, 0.15) is 55.4 Å². The summed E-state index contributed by atoms with van der Waals surface area (Å²) in [6, 6.07) is 4.20. The Bertz CT molecular complexity index is 1050. The number of furan rings is 1. The van der Waals surface area contributed by atoms with Crippen molar-refractivity contribution in [2.24, 2.45) is 0 Å². The van der Waals surface area contributed by atoms with Crippen LogP contribution in [0.25, 0.3) is 11.0 Å². The minimum atomic E-state index is -0.628. The molecule has 1 aromatic heterocycles. The zero-order valence-electron chi connectivity index (χ0n) is 15.5. The second kappa shape index (κ2) is 5.22. The van der Waals surface area contributed by atoms with Crippen molar-refractivity contribution in [2.45, 2.75) is 47.6 Å². The van der Waals surface area contributed by atoms with Gasteiger partial charge in [0.1, 0.15) is 11.3 Å². The van der Waals surface area contributed by atoms with Crippen LogP contribution in [-0.2, 0) is 0 Å². The van der Waals surface area contributed by atoms with Crippen molar-refractivity contribution in [2.75, 3.05) is 0 Å². The molecule has 0 spiro atoms. The summed E-state index contributed by atoms with van der Waals surface area (Å²) in [5.74, 6) is 0.749. The number of hydrogen-bond acceptors (Lipinski definition) is 3. The molecule has 0 amide bonds. The molecule has 0 N–H and O–H groups in total. The average Bonchev–Trinajstić information content (AvgIpc) is 3.12. The van der Waals surface area contributed by atoms with Gasteiger partial charge in [-0.2, -0.15) is 0 Å². The summed E-state index contributed by atoms with van der Waals surface area (Å²) < 4.78 is 12.0. The summed E-state index contributed by atoms with van der Waals surface area (Å²) in [4.78, 5) is 13.1. The lowest BCUT2D eigenvalue weighted by molar-refractivity contribution is 0.0858. The lowest BCUT2D eigenvalue weighted by atomic mass is 9.93. The summed E-state index contributed by atoms with van der Waals surface area (Å²) in [5.41, 5.74) is 8.95. The number of benzene rings is 2. The highest BCUT2D eigenvalue weighted by molar-refractivity contribution is 6.08. The minimum absolute atomic E-state index is 0.0240. The third kappa shape index (κ3) is 2.08. The molecule has 3 nitrogen and oxygen atoms in total. The summed E-state index contributed by atoms with van der Waals surface area (Å²) in [7, 11) is 0. The van der Waals surface area contributed by atoms with Crippen molar-refractivity contribution >= 4 is 16.8 Å². The fourth-order valence-corrected chi connectivity index (χ4v) is 3.94. The molecule has 2 aromatic carbocycles. The first-order valence-electron chi connectivity index (χ1n) is 8.60. The zero-order chi connectivity index (χ0) is 18.0. The van der Waals surface area contributed by atoms with E-state index in [1.54, 1.807) is 6.26 Å². The van der Waals surface area contributed by atoms with Crippen molar-refractivity contribution in [3.8, 4) is 5.75 Å². The number of carbonyl (C=O) groups excluding carboxylic acids is 1. The van der Waals surface area contributed by atoms with Gasteiger partial charge in [-0.25, -0.2) is 0 Å². The van der Waals surface area contributed by atoms with Gasteiger partial charge in [-0.1, -0.05) is 12.1 Å². The molecule has 4 rings (SSSR count). The fraction of sp³-hybridized carbons (Fsp3) is 0.318. The molecule has 25 heavy (non-hydrogen) atoms. The maximum atomic E-state index is 13.1. The van der Waals surface area contributed by atoms with Crippen molar-refractivity contribution in [3.05, 3.63) is 62.9 Å². The summed E-state index contributed by atoms with van der Waals surface area (Å²) in [6.45, 7) is 12.2. The Labute approximate surface area is 147 Å². The molecule has 0 radical (unpaired) electrons. The molecule has 0 saturated carbocycles. The Hall–Kier alpha value is -2.55. The van der Waals surface area contributed by atoms with Crippen LogP contribution in [0.4, 0.5) is 0 Å². The van der Waals surface area contributed by atoms with Crippen molar-refractivity contribution < 1.29 is 13.9 Å². The second-order valence-electron chi connectivity index (χ2n) is 7.23. The van der Waals surface area contributed by atoms with E-state index < -0.39 is 6.10 Å². The van der Waals surface area contributed by atoms with Crippen molar-refractivity contribution in [1.29, 1.82) is 0 Å². The summed E-state index contributed by atoms with van der Waals surface area (Å²) in [5, 5.41) is 1.00. The van der Waals surface area contributed by atoms with Crippen molar-refractivity contribution in [3.63, 3.8) is 0 Å². The van der Waals surface area contributed by atoms with Crippen molar-refractivity contribution in [1.82, 2.24) is 0 Å². The highest BCUT2D eigenvalue weighted by atomic mass is 16.5. The van der Waals surface area contributed by atoms with Gasteiger partial charge in [0.2, 0.25) is 5.78 Å². The van der Waals surface area contributed by atoms with Gasteiger partial charge in [-0.05, 0) is 74.9 Å². The Balaban J connectivity index is 1.92. The van der Waals surface area contributed by atoms with Gasteiger partial charge >= 0.3 is 0 Å². The Morgan fingerprint density at radius 1 is 0.840 bits per heavy atom. The molecule has 128 valence electrons. The van der Waals surface area contributed by atoms with Crippen LogP contribution in [0.5, 0.6) is 5.75 Å². The Morgan fingerprint density at radius 2 is 1.48 bits per heavy atom. The molecular weight excluding hydrogens is 312 g/mol. The van der Waals surface area contributed by atoms with Crippen LogP contribution in [0.3, 0.4) is 0 Å². The predicted octanol–water partition coefficient (Wildman–Crippen LogP) is 5.60. The van der Waals surface area contributed by atoms with E-state index in [9.17, 15) is 4.79 Å². The van der Waals surface area contributed by atoms with E-state index >= 15 is 0 Å². The van der Waals surface area contributed by atoms with Gasteiger partial charge in [0.25, 0.3) is 0 Å². The van der Waals surface area contributed by atoms with E-state index in [-0.39, 0.29) is 5.78 Å². The van der Waals surface area contributed by atoms with Gasteiger partial charge in [-0.15, -0.1) is 0 Å². The molecule has 1 atom stereocenters. The molecule has 1 aliphatic rings. The zero-order valence-corrected chi connectivity index (χ0v) is 15.5. The van der Waals surface area contributed by atoms with Crippen LogP contribution >= 0.6 is 0 Å². The number of rotatable bonds is 1. The second-order valence-corrected chi connectivity index (χ2v) is 7.23. The van der Waals surface area contributed by atoms with E-state index in [0.717, 1.165) is 50.1 Å². The Kier molecular flexibility index (Phi) is 3.33. The van der Waals surface area contributed by atoms with E-state index in [4.69, 9.17) is 9.15 Å². The van der Waals surface area contributed by atoms with E-state index in [1.807, 2.05) is 27.7 Å². The lowest BCUT2D eigenvalue weighted by Crippen LogP contribution is -2.11. The van der Waals surface area contributed by atoms with E-state index in [1.165, 1.54) is 5.56 Å². The molecule has 1 aliphatic heterocycles. The first-order chi connectivity index (χ1) is 11.8. The average molecular weight is 334 g/mol. The number of aryl methyl sites for hydroxylation is 5. The quantitative estimate of drug-likeness (QED) is 0.581. The molecule has 0 saturated heterocycles. The summed E-state index contributed by atoms with van der Waals surface area (Å²) >= 11 is 0. The predicted molar refractivity (Wildman–Crippen MR) is 98.8 cm³/mol. The summed E-state index contributed by atoms with van der Waals surface area (Å²) in [6.07, 6.45) is 1.06. The number of ether oxygens (including phenoxy) is 1.